The summed E-state index contributed by atoms with van der Waals surface area (Å²) in [6.07, 6.45) is 4.38. The molecule has 0 bridgehead atoms. The van der Waals surface area contributed by atoms with Gasteiger partial charge < -0.3 is 9.47 Å². The van der Waals surface area contributed by atoms with Gasteiger partial charge in [-0.1, -0.05) is 0 Å². The lowest BCUT2D eigenvalue weighted by Crippen LogP contribution is -2.38. The SMILES string of the molecule is COc1ccc(-c2cc(CN3CCCC(OC)C3)ccn2)cc1F. The molecule has 1 saturated heterocycles. The summed E-state index contributed by atoms with van der Waals surface area (Å²) >= 11 is 0. The lowest BCUT2D eigenvalue weighted by molar-refractivity contribution is 0.0285. The maximum absolute atomic E-state index is 13.9. The standard InChI is InChI=1S/C19H23FN2O2/c1-23-16-4-3-9-22(13-16)12-14-7-8-21-18(10-14)15-5-6-19(24-2)17(20)11-15/h5-8,10-11,16H,3-4,9,12-13H2,1-2H3. The minimum absolute atomic E-state index is 0.244. The second-order valence-electron chi connectivity index (χ2n) is 6.13. The molecule has 2 aromatic rings. The number of aromatic nitrogens is 1. The first-order valence-corrected chi connectivity index (χ1v) is 8.23. The van der Waals surface area contributed by atoms with E-state index in [1.54, 1.807) is 19.4 Å². The Morgan fingerprint density at radius 1 is 1.25 bits per heavy atom. The topological polar surface area (TPSA) is 34.6 Å². The van der Waals surface area contributed by atoms with Gasteiger partial charge in [-0.25, -0.2) is 4.39 Å². The first-order chi connectivity index (χ1) is 11.7. The van der Waals surface area contributed by atoms with Gasteiger partial charge >= 0.3 is 0 Å². The maximum Gasteiger partial charge on any atom is 0.165 e. The van der Waals surface area contributed by atoms with E-state index in [0.29, 0.717) is 6.10 Å². The van der Waals surface area contributed by atoms with Gasteiger partial charge in [0.1, 0.15) is 0 Å². The lowest BCUT2D eigenvalue weighted by atomic mass is 10.1. The van der Waals surface area contributed by atoms with E-state index in [2.05, 4.69) is 9.88 Å². The van der Waals surface area contributed by atoms with E-state index in [0.717, 1.165) is 43.7 Å². The first kappa shape index (κ1) is 16.9. The molecule has 2 heterocycles. The van der Waals surface area contributed by atoms with Crippen LogP contribution in [0.15, 0.2) is 36.5 Å². The smallest absolute Gasteiger partial charge is 0.165 e. The molecule has 128 valence electrons. The molecule has 0 amide bonds. The summed E-state index contributed by atoms with van der Waals surface area (Å²) in [4.78, 5) is 6.77. The third-order valence-corrected chi connectivity index (χ3v) is 4.47. The molecule has 1 fully saturated rings. The Labute approximate surface area is 142 Å². The number of rotatable bonds is 5. The van der Waals surface area contributed by atoms with E-state index in [-0.39, 0.29) is 11.6 Å². The Hall–Kier alpha value is -1.98. The van der Waals surface area contributed by atoms with Crippen LogP contribution >= 0.6 is 0 Å². The van der Waals surface area contributed by atoms with Crippen LogP contribution in [0.25, 0.3) is 11.3 Å². The van der Waals surface area contributed by atoms with Crippen molar-refractivity contribution < 1.29 is 13.9 Å². The molecule has 0 saturated carbocycles. The average Bonchev–Trinajstić information content (AvgIpc) is 2.62. The molecule has 1 unspecified atom stereocenters. The van der Waals surface area contributed by atoms with E-state index in [4.69, 9.17) is 9.47 Å². The van der Waals surface area contributed by atoms with Gasteiger partial charge in [-0.2, -0.15) is 0 Å². The highest BCUT2D eigenvalue weighted by atomic mass is 19.1. The Morgan fingerprint density at radius 2 is 2.12 bits per heavy atom. The van der Waals surface area contributed by atoms with E-state index >= 15 is 0 Å². The van der Waals surface area contributed by atoms with Gasteiger partial charge in [-0.15, -0.1) is 0 Å². The number of methoxy groups -OCH3 is 2. The van der Waals surface area contributed by atoms with Crippen molar-refractivity contribution in [3.05, 3.63) is 47.9 Å². The summed E-state index contributed by atoms with van der Waals surface area (Å²) in [5.41, 5.74) is 2.70. The number of hydrogen-bond donors (Lipinski definition) is 0. The molecule has 1 aliphatic rings. The number of nitrogens with zero attached hydrogens (tertiary/aromatic N) is 2. The van der Waals surface area contributed by atoms with Gasteiger partial charge in [0.25, 0.3) is 0 Å². The van der Waals surface area contributed by atoms with E-state index in [1.807, 2.05) is 18.2 Å². The van der Waals surface area contributed by atoms with Crippen molar-refractivity contribution >= 4 is 0 Å². The highest BCUT2D eigenvalue weighted by Gasteiger charge is 2.19. The number of pyridine rings is 1. The van der Waals surface area contributed by atoms with Crippen molar-refractivity contribution in [2.75, 3.05) is 27.3 Å². The number of hydrogen-bond acceptors (Lipinski definition) is 4. The van der Waals surface area contributed by atoms with Gasteiger partial charge in [0, 0.05) is 32.0 Å². The Kier molecular flexibility index (Phi) is 5.43. The molecular formula is C19H23FN2O2. The molecule has 4 nitrogen and oxygen atoms in total. The number of piperidine rings is 1. The summed E-state index contributed by atoms with van der Waals surface area (Å²) in [7, 11) is 3.24. The zero-order valence-electron chi connectivity index (χ0n) is 14.2. The fourth-order valence-corrected chi connectivity index (χ4v) is 3.16. The Balaban J connectivity index is 1.75. The molecular weight excluding hydrogens is 307 g/mol. The second kappa shape index (κ2) is 7.73. The number of benzene rings is 1. The van der Waals surface area contributed by atoms with Crippen molar-refractivity contribution in [3.8, 4) is 17.0 Å². The molecule has 0 N–H and O–H groups in total. The lowest BCUT2D eigenvalue weighted by Gasteiger charge is -2.31. The largest absolute Gasteiger partial charge is 0.494 e. The van der Waals surface area contributed by atoms with Gasteiger partial charge in [0.2, 0.25) is 0 Å². The van der Waals surface area contributed by atoms with Crippen molar-refractivity contribution in [1.29, 1.82) is 0 Å². The normalized spacial score (nSPS) is 18.5. The molecule has 5 heteroatoms. The summed E-state index contributed by atoms with van der Waals surface area (Å²) in [6.45, 7) is 2.88. The molecule has 1 aliphatic heterocycles. The summed E-state index contributed by atoms with van der Waals surface area (Å²) < 4.78 is 24.4. The minimum Gasteiger partial charge on any atom is -0.494 e. The third-order valence-electron chi connectivity index (χ3n) is 4.47. The van der Waals surface area contributed by atoms with E-state index in [1.165, 1.54) is 18.7 Å². The number of ether oxygens (including phenoxy) is 2. The van der Waals surface area contributed by atoms with Crippen LogP contribution in [0, 0.1) is 5.82 Å². The van der Waals surface area contributed by atoms with Gasteiger partial charge in [0.15, 0.2) is 11.6 Å². The third kappa shape index (κ3) is 3.91. The summed E-state index contributed by atoms with van der Waals surface area (Å²) in [5.74, 6) is -0.130. The summed E-state index contributed by atoms with van der Waals surface area (Å²) in [6, 6.07) is 8.97. The fourth-order valence-electron chi connectivity index (χ4n) is 3.16. The van der Waals surface area contributed by atoms with Crippen LogP contribution in [0.1, 0.15) is 18.4 Å². The average molecular weight is 330 g/mol. The van der Waals surface area contributed by atoms with Crippen LogP contribution in [-0.4, -0.2) is 43.3 Å². The van der Waals surface area contributed by atoms with Crippen LogP contribution in [0.3, 0.4) is 0 Å². The van der Waals surface area contributed by atoms with Crippen LogP contribution in [-0.2, 0) is 11.3 Å². The molecule has 1 aromatic carbocycles. The van der Waals surface area contributed by atoms with Crippen molar-refractivity contribution in [1.82, 2.24) is 9.88 Å². The highest BCUT2D eigenvalue weighted by molar-refractivity contribution is 5.61. The first-order valence-electron chi connectivity index (χ1n) is 8.23. The van der Waals surface area contributed by atoms with Crippen LogP contribution in [0.4, 0.5) is 4.39 Å². The van der Waals surface area contributed by atoms with Crippen LogP contribution in [0.5, 0.6) is 5.75 Å². The predicted octanol–water partition coefficient (Wildman–Crippen LogP) is 3.51. The van der Waals surface area contributed by atoms with Crippen LogP contribution < -0.4 is 4.74 Å². The van der Waals surface area contributed by atoms with Crippen molar-refractivity contribution in [2.45, 2.75) is 25.5 Å². The monoisotopic (exact) mass is 330 g/mol. The second-order valence-corrected chi connectivity index (χ2v) is 6.13. The van der Waals surface area contributed by atoms with Crippen molar-refractivity contribution in [3.63, 3.8) is 0 Å². The number of likely N-dealkylation sites (tertiary alicyclic amines) is 1. The highest BCUT2D eigenvalue weighted by Crippen LogP contribution is 2.25. The van der Waals surface area contributed by atoms with Gasteiger partial charge in [-0.3, -0.25) is 9.88 Å². The fraction of sp³-hybridized carbons (Fsp3) is 0.421. The molecule has 0 aliphatic carbocycles. The van der Waals surface area contributed by atoms with Gasteiger partial charge in [-0.05, 0) is 55.3 Å². The zero-order valence-corrected chi connectivity index (χ0v) is 14.2. The van der Waals surface area contributed by atoms with Crippen LogP contribution in [0.2, 0.25) is 0 Å². The predicted molar refractivity (Wildman–Crippen MR) is 91.5 cm³/mol. The Morgan fingerprint density at radius 3 is 2.88 bits per heavy atom. The minimum atomic E-state index is -0.374. The molecule has 0 spiro atoms. The number of halogens is 1. The molecule has 0 radical (unpaired) electrons. The molecule has 1 aromatic heterocycles. The zero-order chi connectivity index (χ0) is 16.9. The molecule has 24 heavy (non-hydrogen) atoms. The van der Waals surface area contributed by atoms with Gasteiger partial charge in [0.05, 0.1) is 18.9 Å². The molecule has 3 rings (SSSR count). The van der Waals surface area contributed by atoms with E-state index < -0.39 is 0 Å². The maximum atomic E-state index is 13.9. The summed E-state index contributed by atoms with van der Waals surface area (Å²) in [5, 5.41) is 0. The molecule has 1 atom stereocenters. The van der Waals surface area contributed by atoms with Crippen molar-refractivity contribution in [2.24, 2.45) is 0 Å². The van der Waals surface area contributed by atoms with E-state index in [9.17, 15) is 4.39 Å². The Bertz CT molecular complexity index is 693. The quantitative estimate of drug-likeness (QED) is 0.840.